The molecule has 29 heavy (non-hydrogen) atoms. The number of hydrogen-bond donors (Lipinski definition) is 1. The number of likely N-dealkylation sites (tertiary alicyclic amines) is 1. The van der Waals surface area contributed by atoms with Gasteiger partial charge in [-0.25, -0.2) is 0 Å². The van der Waals surface area contributed by atoms with Crippen LogP contribution in [0.1, 0.15) is 53.3 Å². The van der Waals surface area contributed by atoms with Crippen molar-refractivity contribution in [1.29, 1.82) is 0 Å². The van der Waals surface area contributed by atoms with Gasteiger partial charge in [0.1, 0.15) is 5.75 Å². The Balaban J connectivity index is 1.35. The van der Waals surface area contributed by atoms with Crippen LogP contribution < -0.4 is 4.74 Å². The van der Waals surface area contributed by atoms with E-state index in [1.165, 1.54) is 31.2 Å². The van der Waals surface area contributed by atoms with Crippen molar-refractivity contribution in [2.75, 3.05) is 26.7 Å². The van der Waals surface area contributed by atoms with Crippen LogP contribution in [0.4, 0.5) is 0 Å². The second-order valence-electron chi connectivity index (χ2n) is 9.07. The van der Waals surface area contributed by atoms with Crippen LogP contribution in [-0.2, 0) is 0 Å². The number of carbonyl (C=O) groups is 1. The molecule has 3 aliphatic heterocycles. The van der Waals surface area contributed by atoms with E-state index in [-0.39, 0.29) is 5.91 Å². The molecule has 4 atom stereocenters. The predicted octanol–water partition coefficient (Wildman–Crippen LogP) is 4.02. The molecular weight excluding hydrogens is 362 g/mol. The number of amides is 1. The number of rotatable bonds is 3. The van der Waals surface area contributed by atoms with E-state index in [1.807, 2.05) is 19.2 Å². The summed E-state index contributed by atoms with van der Waals surface area (Å²) in [6.45, 7) is 4.88. The molecule has 0 saturated carbocycles. The Bertz CT molecular complexity index is 875. The molecule has 5 nitrogen and oxygen atoms in total. The number of nitrogens with zero attached hydrogens (tertiary/aromatic N) is 2. The zero-order valence-electron chi connectivity index (χ0n) is 17.4. The molecule has 3 saturated heterocycles. The molecule has 5 heteroatoms. The molecule has 2 aromatic rings. The number of aromatic amines is 1. The number of hydrogen-bond acceptors (Lipinski definition) is 3. The lowest BCUT2D eigenvalue weighted by Crippen LogP contribution is -2.60. The molecule has 1 N–H and O–H groups in total. The Morgan fingerprint density at radius 2 is 1.93 bits per heavy atom. The number of piperidine rings is 3. The number of nitrogens with one attached hydrogen (secondary N) is 1. The molecule has 0 aliphatic carbocycles. The third kappa shape index (κ3) is 3.35. The summed E-state index contributed by atoms with van der Waals surface area (Å²) in [5, 5.41) is 0. The molecule has 5 rings (SSSR count). The standard InChI is InChI=1S/C24H31N3O2/c1-16-21(10-11-25-16)24(28)26-13-17-12-19(15-26)23-5-3-4-22(27(23)14-17)18-6-8-20(29-2)9-7-18/h6-11,17,19,22-23,25H,3-5,12-15H2,1-2H3/t17-,19+,22+,23-/m0/s1. The van der Waals surface area contributed by atoms with Gasteiger partial charge in [0.15, 0.2) is 0 Å². The lowest BCUT2D eigenvalue weighted by atomic mass is 9.74. The first-order valence-electron chi connectivity index (χ1n) is 11.0. The molecule has 1 aromatic carbocycles. The van der Waals surface area contributed by atoms with E-state index < -0.39 is 0 Å². The van der Waals surface area contributed by atoms with E-state index >= 15 is 0 Å². The fraction of sp³-hybridized carbons (Fsp3) is 0.542. The number of ether oxygens (including phenoxy) is 1. The molecule has 0 spiro atoms. The minimum absolute atomic E-state index is 0.203. The summed E-state index contributed by atoms with van der Waals surface area (Å²) < 4.78 is 5.34. The molecule has 1 amide bonds. The van der Waals surface area contributed by atoms with Gasteiger partial charge in [0.05, 0.1) is 12.7 Å². The SMILES string of the molecule is COc1ccc([C@H]2CCC[C@H]3[C@@H]4C[C@@H](CN(C(=O)c5cc[nH]c5C)C4)CN23)cc1. The topological polar surface area (TPSA) is 48.6 Å². The fourth-order valence-electron chi connectivity index (χ4n) is 6.01. The van der Waals surface area contributed by atoms with E-state index in [1.54, 1.807) is 7.11 Å². The first-order chi connectivity index (χ1) is 14.1. The van der Waals surface area contributed by atoms with Gasteiger partial charge in [-0.05, 0) is 68.2 Å². The van der Waals surface area contributed by atoms with Gasteiger partial charge in [0.2, 0.25) is 0 Å². The summed E-state index contributed by atoms with van der Waals surface area (Å²) in [5.74, 6) is 2.29. The van der Waals surface area contributed by atoms with E-state index in [0.717, 1.165) is 36.6 Å². The highest BCUT2D eigenvalue weighted by Crippen LogP contribution is 2.44. The van der Waals surface area contributed by atoms with Crippen LogP contribution in [-0.4, -0.2) is 53.5 Å². The lowest BCUT2D eigenvalue weighted by molar-refractivity contribution is -0.0511. The number of carbonyl (C=O) groups excluding carboxylic acids is 1. The first kappa shape index (κ1) is 18.7. The normalized spacial score (nSPS) is 29.4. The second-order valence-corrected chi connectivity index (χ2v) is 9.07. The third-order valence-corrected chi connectivity index (χ3v) is 7.36. The minimum atomic E-state index is 0.203. The number of aromatic nitrogens is 1. The quantitative estimate of drug-likeness (QED) is 0.857. The Hall–Kier alpha value is -2.27. The van der Waals surface area contributed by atoms with Crippen LogP contribution in [0.5, 0.6) is 5.75 Å². The van der Waals surface area contributed by atoms with Crippen molar-refractivity contribution in [1.82, 2.24) is 14.8 Å². The van der Waals surface area contributed by atoms with Gasteiger partial charge in [0, 0.05) is 43.6 Å². The molecule has 0 unspecified atom stereocenters. The molecule has 2 bridgehead atoms. The summed E-state index contributed by atoms with van der Waals surface area (Å²) in [5.41, 5.74) is 3.22. The molecule has 1 aromatic heterocycles. The minimum Gasteiger partial charge on any atom is -0.497 e. The number of aryl methyl sites for hydroxylation is 1. The third-order valence-electron chi connectivity index (χ3n) is 7.36. The Labute approximate surface area is 173 Å². The van der Waals surface area contributed by atoms with E-state index in [2.05, 4.69) is 39.0 Å². The maximum atomic E-state index is 13.1. The second kappa shape index (κ2) is 7.52. The first-order valence-corrected chi connectivity index (χ1v) is 11.0. The maximum Gasteiger partial charge on any atom is 0.255 e. The van der Waals surface area contributed by atoms with Crippen LogP contribution in [0.2, 0.25) is 0 Å². The fourth-order valence-corrected chi connectivity index (χ4v) is 6.01. The van der Waals surface area contributed by atoms with Gasteiger partial charge < -0.3 is 14.6 Å². The van der Waals surface area contributed by atoms with Crippen LogP contribution in [0.3, 0.4) is 0 Å². The molecule has 154 valence electrons. The zero-order valence-corrected chi connectivity index (χ0v) is 17.4. The maximum absolute atomic E-state index is 13.1. The van der Waals surface area contributed by atoms with Crippen molar-refractivity contribution in [2.24, 2.45) is 11.8 Å². The van der Waals surface area contributed by atoms with Gasteiger partial charge in [-0.1, -0.05) is 12.1 Å². The summed E-state index contributed by atoms with van der Waals surface area (Å²) in [4.78, 5) is 21.2. The highest BCUT2D eigenvalue weighted by molar-refractivity contribution is 5.95. The molecule has 3 fully saturated rings. The molecule has 4 heterocycles. The summed E-state index contributed by atoms with van der Waals surface area (Å²) in [6, 6.07) is 11.7. The highest BCUT2D eigenvalue weighted by Gasteiger charge is 2.45. The number of methoxy groups -OCH3 is 1. The Morgan fingerprint density at radius 3 is 2.66 bits per heavy atom. The largest absolute Gasteiger partial charge is 0.497 e. The van der Waals surface area contributed by atoms with Crippen molar-refractivity contribution in [3.63, 3.8) is 0 Å². The molecule has 0 radical (unpaired) electrons. The summed E-state index contributed by atoms with van der Waals surface area (Å²) in [6.07, 6.45) is 6.90. The Kier molecular flexibility index (Phi) is 4.86. The average Bonchev–Trinajstić information content (AvgIpc) is 3.18. The van der Waals surface area contributed by atoms with Crippen LogP contribution in [0.15, 0.2) is 36.5 Å². The van der Waals surface area contributed by atoms with Crippen molar-refractivity contribution in [2.45, 2.75) is 44.7 Å². The number of benzene rings is 1. The van der Waals surface area contributed by atoms with Crippen molar-refractivity contribution in [3.8, 4) is 5.75 Å². The van der Waals surface area contributed by atoms with Crippen molar-refractivity contribution < 1.29 is 9.53 Å². The van der Waals surface area contributed by atoms with E-state index in [0.29, 0.717) is 23.9 Å². The van der Waals surface area contributed by atoms with E-state index in [9.17, 15) is 4.79 Å². The molecule has 3 aliphatic rings. The van der Waals surface area contributed by atoms with Gasteiger partial charge in [-0.2, -0.15) is 0 Å². The highest BCUT2D eigenvalue weighted by atomic mass is 16.5. The van der Waals surface area contributed by atoms with Gasteiger partial charge in [-0.15, -0.1) is 0 Å². The molecular formula is C24H31N3O2. The van der Waals surface area contributed by atoms with Gasteiger partial charge in [-0.3, -0.25) is 9.69 Å². The zero-order chi connectivity index (χ0) is 20.0. The summed E-state index contributed by atoms with van der Waals surface area (Å²) >= 11 is 0. The van der Waals surface area contributed by atoms with Crippen LogP contribution in [0, 0.1) is 18.8 Å². The van der Waals surface area contributed by atoms with Gasteiger partial charge in [0.25, 0.3) is 5.91 Å². The average molecular weight is 394 g/mol. The number of fused-ring (bicyclic) bond motifs is 4. The van der Waals surface area contributed by atoms with Gasteiger partial charge >= 0.3 is 0 Å². The lowest BCUT2D eigenvalue weighted by Gasteiger charge is -2.55. The Morgan fingerprint density at radius 1 is 1.10 bits per heavy atom. The smallest absolute Gasteiger partial charge is 0.255 e. The number of H-pyrrole nitrogens is 1. The predicted molar refractivity (Wildman–Crippen MR) is 113 cm³/mol. The van der Waals surface area contributed by atoms with E-state index in [4.69, 9.17) is 4.74 Å². The monoisotopic (exact) mass is 393 g/mol. The van der Waals surface area contributed by atoms with Crippen molar-refractivity contribution in [3.05, 3.63) is 53.3 Å². The summed E-state index contributed by atoms with van der Waals surface area (Å²) in [7, 11) is 1.72. The van der Waals surface area contributed by atoms with Crippen molar-refractivity contribution >= 4 is 5.91 Å². The van der Waals surface area contributed by atoms with Crippen LogP contribution in [0.25, 0.3) is 0 Å². The van der Waals surface area contributed by atoms with Crippen LogP contribution >= 0.6 is 0 Å².